The summed E-state index contributed by atoms with van der Waals surface area (Å²) in [5, 5.41) is 3.72. The number of anilines is 1. The summed E-state index contributed by atoms with van der Waals surface area (Å²) in [6.07, 6.45) is 8.56. The Balaban J connectivity index is 1.58. The highest BCUT2D eigenvalue weighted by Gasteiger charge is 2.18. The second-order valence-electron chi connectivity index (χ2n) is 6.87. The standard InChI is InChI=1S/C21H25N3O/c1-16-20(23-18-11-6-3-7-12-18)24-14-8-13-19(21(24)22-16)25-15-17-9-4-2-5-10-17/h2,4-5,8-10,13-14,18,23H,3,6-7,11-12,15H2,1H3. The maximum Gasteiger partial charge on any atom is 0.181 e. The monoisotopic (exact) mass is 335 g/mol. The average Bonchev–Trinajstić information content (AvgIpc) is 2.98. The molecule has 1 aliphatic rings. The molecular formula is C21H25N3O. The van der Waals surface area contributed by atoms with Crippen molar-refractivity contribution in [3.63, 3.8) is 0 Å². The number of benzene rings is 1. The molecule has 0 bridgehead atoms. The van der Waals surface area contributed by atoms with Crippen molar-refractivity contribution >= 4 is 11.5 Å². The van der Waals surface area contributed by atoms with E-state index in [2.05, 4.69) is 35.0 Å². The second-order valence-corrected chi connectivity index (χ2v) is 6.87. The van der Waals surface area contributed by atoms with Gasteiger partial charge in [-0.25, -0.2) is 4.98 Å². The zero-order valence-electron chi connectivity index (χ0n) is 14.7. The molecule has 0 amide bonds. The maximum atomic E-state index is 6.05. The first-order chi connectivity index (χ1) is 12.3. The van der Waals surface area contributed by atoms with Crippen LogP contribution in [0.4, 0.5) is 5.82 Å². The number of aromatic nitrogens is 2. The van der Waals surface area contributed by atoms with E-state index in [4.69, 9.17) is 9.72 Å². The van der Waals surface area contributed by atoms with Crippen molar-refractivity contribution in [3.8, 4) is 5.75 Å². The molecule has 0 unspecified atom stereocenters. The molecule has 4 nitrogen and oxygen atoms in total. The molecule has 4 heteroatoms. The van der Waals surface area contributed by atoms with Gasteiger partial charge in [0.1, 0.15) is 12.4 Å². The highest BCUT2D eigenvalue weighted by atomic mass is 16.5. The quantitative estimate of drug-likeness (QED) is 0.716. The fourth-order valence-corrected chi connectivity index (χ4v) is 3.62. The first-order valence-electron chi connectivity index (χ1n) is 9.22. The number of pyridine rings is 1. The first kappa shape index (κ1) is 16.0. The topological polar surface area (TPSA) is 38.6 Å². The fourth-order valence-electron chi connectivity index (χ4n) is 3.62. The molecule has 2 heterocycles. The summed E-state index contributed by atoms with van der Waals surface area (Å²) < 4.78 is 8.18. The van der Waals surface area contributed by atoms with Gasteiger partial charge < -0.3 is 10.1 Å². The zero-order valence-corrected chi connectivity index (χ0v) is 14.7. The van der Waals surface area contributed by atoms with Crippen molar-refractivity contribution in [1.29, 1.82) is 0 Å². The van der Waals surface area contributed by atoms with E-state index in [1.807, 2.05) is 30.3 Å². The van der Waals surface area contributed by atoms with Gasteiger partial charge in [-0.15, -0.1) is 0 Å². The molecule has 0 aliphatic heterocycles. The summed E-state index contributed by atoms with van der Waals surface area (Å²) in [6, 6.07) is 14.8. The molecule has 1 aromatic carbocycles. The molecule has 0 saturated heterocycles. The van der Waals surface area contributed by atoms with E-state index in [0.29, 0.717) is 12.6 Å². The Kier molecular flexibility index (Phi) is 4.59. The Labute approximate surface area is 148 Å². The van der Waals surface area contributed by atoms with Crippen LogP contribution < -0.4 is 10.1 Å². The van der Waals surface area contributed by atoms with Crippen molar-refractivity contribution in [2.75, 3.05) is 5.32 Å². The van der Waals surface area contributed by atoms with Gasteiger partial charge in [0.05, 0.1) is 5.69 Å². The molecule has 1 aliphatic carbocycles. The number of hydrogen-bond donors (Lipinski definition) is 1. The van der Waals surface area contributed by atoms with E-state index in [1.165, 1.54) is 32.1 Å². The van der Waals surface area contributed by atoms with E-state index < -0.39 is 0 Å². The van der Waals surface area contributed by atoms with Gasteiger partial charge in [0.2, 0.25) is 0 Å². The molecule has 0 radical (unpaired) electrons. The zero-order chi connectivity index (χ0) is 17.1. The van der Waals surface area contributed by atoms with Crippen LogP contribution in [0, 0.1) is 6.92 Å². The van der Waals surface area contributed by atoms with Crippen LogP contribution in [0.25, 0.3) is 5.65 Å². The SMILES string of the molecule is Cc1nc2c(OCc3ccccc3)cccn2c1NC1CCCCC1. The maximum absolute atomic E-state index is 6.05. The van der Waals surface area contributed by atoms with Crippen LogP contribution in [0.5, 0.6) is 5.75 Å². The number of ether oxygens (including phenoxy) is 1. The van der Waals surface area contributed by atoms with Gasteiger partial charge in [-0.3, -0.25) is 4.40 Å². The smallest absolute Gasteiger partial charge is 0.181 e. The number of rotatable bonds is 5. The van der Waals surface area contributed by atoms with Gasteiger partial charge in [-0.2, -0.15) is 0 Å². The lowest BCUT2D eigenvalue weighted by Gasteiger charge is -2.23. The van der Waals surface area contributed by atoms with Gasteiger partial charge in [0.15, 0.2) is 11.4 Å². The molecule has 130 valence electrons. The predicted octanol–water partition coefficient (Wildman–Crippen LogP) is 4.97. The van der Waals surface area contributed by atoms with Crippen molar-refractivity contribution in [2.45, 2.75) is 51.7 Å². The van der Waals surface area contributed by atoms with E-state index in [1.54, 1.807) is 0 Å². The number of fused-ring (bicyclic) bond motifs is 1. The highest BCUT2D eigenvalue weighted by Crippen LogP contribution is 2.28. The number of nitrogens with zero attached hydrogens (tertiary/aromatic N) is 2. The summed E-state index contributed by atoms with van der Waals surface area (Å²) >= 11 is 0. The van der Waals surface area contributed by atoms with E-state index in [9.17, 15) is 0 Å². The molecule has 4 rings (SSSR count). The van der Waals surface area contributed by atoms with Crippen LogP contribution in [0.1, 0.15) is 43.4 Å². The van der Waals surface area contributed by atoms with Crippen molar-refractivity contribution < 1.29 is 4.74 Å². The van der Waals surface area contributed by atoms with Gasteiger partial charge >= 0.3 is 0 Å². The lowest BCUT2D eigenvalue weighted by Crippen LogP contribution is -2.23. The minimum Gasteiger partial charge on any atom is -0.485 e. The van der Waals surface area contributed by atoms with Crippen LogP contribution >= 0.6 is 0 Å². The Bertz CT molecular complexity index is 835. The molecule has 1 fully saturated rings. The van der Waals surface area contributed by atoms with Crippen LogP contribution in [-0.4, -0.2) is 15.4 Å². The average molecular weight is 335 g/mol. The van der Waals surface area contributed by atoms with Gasteiger partial charge in [-0.05, 0) is 37.5 Å². The highest BCUT2D eigenvalue weighted by molar-refractivity contribution is 5.62. The van der Waals surface area contributed by atoms with E-state index in [-0.39, 0.29) is 0 Å². The number of hydrogen-bond acceptors (Lipinski definition) is 3. The normalized spacial score (nSPS) is 15.4. The van der Waals surface area contributed by atoms with Crippen molar-refractivity contribution in [2.24, 2.45) is 0 Å². The minimum atomic E-state index is 0.553. The molecular weight excluding hydrogens is 310 g/mol. The van der Waals surface area contributed by atoms with Crippen molar-refractivity contribution in [3.05, 3.63) is 59.9 Å². The Morgan fingerprint density at radius 2 is 1.88 bits per heavy atom. The molecule has 0 spiro atoms. The second kappa shape index (κ2) is 7.18. The molecule has 25 heavy (non-hydrogen) atoms. The van der Waals surface area contributed by atoms with Crippen LogP contribution in [0.3, 0.4) is 0 Å². The Hall–Kier alpha value is -2.49. The Morgan fingerprint density at radius 3 is 2.68 bits per heavy atom. The third-order valence-corrected chi connectivity index (χ3v) is 4.97. The van der Waals surface area contributed by atoms with Gasteiger partial charge in [0, 0.05) is 12.2 Å². The van der Waals surface area contributed by atoms with E-state index in [0.717, 1.165) is 28.5 Å². The third-order valence-electron chi connectivity index (χ3n) is 4.97. The summed E-state index contributed by atoms with van der Waals surface area (Å²) in [4.78, 5) is 4.77. The van der Waals surface area contributed by atoms with Crippen molar-refractivity contribution in [1.82, 2.24) is 9.38 Å². The molecule has 0 atom stereocenters. The molecule has 1 saturated carbocycles. The van der Waals surface area contributed by atoms with Crippen LogP contribution in [0.2, 0.25) is 0 Å². The predicted molar refractivity (Wildman–Crippen MR) is 101 cm³/mol. The summed E-state index contributed by atoms with van der Waals surface area (Å²) in [5.74, 6) is 1.93. The number of imidazole rings is 1. The van der Waals surface area contributed by atoms with Gasteiger partial charge in [-0.1, -0.05) is 49.6 Å². The largest absolute Gasteiger partial charge is 0.485 e. The fraction of sp³-hybridized carbons (Fsp3) is 0.381. The number of aryl methyl sites for hydroxylation is 1. The minimum absolute atomic E-state index is 0.553. The number of nitrogens with one attached hydrogen (secondary N) is 1. The molecule has 1 N–H and O–H groups in total. The molecule has 3 aromatic rings. The third kappa shape index (κ3) is 3.48. The lowest BCUT2D eigenvalue weighted by molar-refractivity contribution is 0.308. The lowest BCUT2D eigenvalue weighted by atomic mass is 9.95. The summed E-state index contributed by atoms with van der Waals surface area (Å²) in [5.41, 5.74) is 3.07. The first-order valence-corrected chi connectivity index (χ1v) is 9.22. The van der Waals surface area contributed by atoms with Crippen LogP contribution in [0.15, 0.2) is 48.7 Å². The van der Waals surface area contributed by atoms with Gasteiger partial charge in [0.25, 0.3) is 0 Å². The summed E-state index contributed by atoms with van der Waals surface area (Å²) in [7, 11) is 0. The summed E-state index contributed by atoms with van der Waals surface area (Å²) in [6.45, 7) is 2.62. The van der Waals surface area contributed by atoms with Crippen LogP contribution in [-0.2, 0) is 6.61 Å². The van der Waals surface area contributed by atoms with E-state index >= 15 is 0 Å². The Morgan fingerprint density at radius 1 is 1.08 bits per heavy atom. The molecule has 2 aromatic heterocycles.